The molecule has 2 aromatic rings. The molecule has 0 aliphatic heterocycles. The van der Waals surface area contributed by atoms with Crippen LogP contribution in [0.3, 0.4) is 0 Å². The maximum Gasteiger partial charge on any atom is 0.407 e. The Labute approximate surface area is 199 Å². The fourth-order valence-electron chi connectivity index (χ4n) is 4.23. The van der Waals surface area contributed by atoms with E-state index in [-0.39, 0.29) is 31.4 Å². The number of ether oxygens (including phenoxy) is 2. The van der Waals surface area contributed by atoms with E-state index < -0.39 is 30.1 Å². The smallest absolute Gasteiger partial charge is 0.407 e. The molecule has 8 nitrogen and oxygen atoms in total. The number of benzene rings is 2. The maximum absolute atomic E-state index is 12.4. The summed E-state index contributed by atoms with van der Waals surface area (Å²) < 4.78 is 11.1. The van der Waals surface area contributed by atoms with Crippen LogP contribution < -0.4 is 10.6 Å². The number of carbonyl (C=O) groups is 3. The maximum atomic E-state index is 12.4. The molecule has 0 saturated carbocycles. The quantitative estimate of drug-likeness (QED) is 0.465. The summed E-state index contributed by atoms with van der Waals surface area (Å²) in [7, 11) is 0. The first kappa shape index (κ1) is 25.2. The van der Waals surface area contributed by atoms with Gasteiger partial charge in [-0.05, 0) is 35.1 Å². The second-order valence-electron chi connectivity index (χ2n) is 8.62. The number of alkyl carbamates (subject to hydrolysis) is 1. The average molecular weight is 469 g/mol. The molecule has 3 N–H and O–H groups in total. The summed E-state index contributed by atoms with van der Waals surface area (Å²) in [4.78, 5) is 36.1. The van der Waals surface area contributed by atoms with Crippen LogP contribution in [-0.2, 0) is 19.1 Å². The highest BCUT2D eigenvalue weighted by Crippen LogP contribution is 2.44. The predicted molar refractivity (Wildman–Crippen MR) is 128 cm³/mol. The number of carboxylic acid groups (broad SMARTS) is 1. The van der Waals surface area contributed by atoms with E-state index in [9.17, 15) is 19.5 Å². The summed E-state index contributed by atoms with van der Waals surface area (Å²) in [6, 6.07) is 15.2. The summed E-state index contributed by atoms with van der Waals surface area (Å²) in [5.41, 5.74) is 4.54. The highest BCUT2D eigenvalue weighted by atomic mass is 16.5. The second kappa shape index (κ2) is 11.7. The molecule has 2 aromatic carbocycles. The highest BCUT2D eigenvalue weighted by molar-refractivity contribution is 5.84. The molecule has 2 amide bonds. The van der Waals surface area contributed by atoms with Gasteiger partial charge in [0.1, 0.15) is 12.6 Å². The van der Waals surface area contributed by atoms with Crippen molar-refractivity contribution in [2.75, 3.05) is 19.8 Å². The van der Waals surface area contributed by atoms with Gasteiger partial charge in [0.25, 0.3) is 0 Å². The van der Waals surface area contributed by atoms with Gasteiger partial charge in [-0.25, -0.2) is 9.59 Å². The van der Waals surface area contributed by atoms with Crippen LogP contribution in [0, 0.1) is 5.92 Å². The zero-order valence-electron chi connectivity index (χ0n) is 19.7. The minimum absolute atomic E-state index is 0.0457. The molecule has 0 saturated heterocycles. The summed E-state index contributed by atoms with van der Waals surface area (Å²) in [5.74, 6) is -1.84. The molecule has 0 aromatic heterocycles. The van der Waals surface area contributed by atoms with E-state index in [0.29, 0.717) is 6.61 Å². The Morgan fingerprint density at radius 2 is 1.59 bits per heavy atom. The number of fused-ring (bicyclic) bond motifs is 3. The van der Waals surface area contributed by atoms with Crippen LogP contribution in [0.25, 0.3) is 11.1 Å². The van der Waals surface area contributed by atoms with Gasteiger partial charge in [0.05, 0.1) is 12.5 Å². The molecule has 3 rings (SSSR count). The SMILES string of the molecule is CCOC(CNC(=O)OCC1c2ccccc2-c2ccccc21)CC(=O)N[C@H](C(=O)O)C(C)C. The van der Waals surface area contributed by atoms with E-state index in [1.165, 1.54) is 0 Å². The van der Waals surface area contributed by atoms with Crippen molar-refractivity contribution in [1.82, 2.24) is 10.6 Å². The topological polar surface area (TPSA) is 114 Å². The van der Waals surface area contributed by atoms with Gasteiger partial charge in [-0.3, -0.25) is 4.79 Å². The van der Waals surface area contributed by atoms with Crippen LogP contribution in [0.4, 0.5) is 4.79 Å². The van der Waals surface area contributed by atoms with Crippen LogP contribution in [0.15, 0.2) is 48.5 Å². The molecule has 2 atom stereocenters. The van der Waals surface area contributed by atoms with Gasteiger partial charge in [0.2, 0.25) is 5.91 Å². The number of nitrogens with one attached hydrogen (secondary N) is 2. The van der Waals surface area contributed by atoms with Crippen LogP contribution in [0.5, 0.6) is 0 Å². The molecular formula is C26H32N2O6. The first-order valence-electron chi connectivity index (χ1n) is 11.5. The molecular weight excluding hydrogens is 436 g/mol. The lowest BCUT2D eigenvalue weighted by Crippen LogP contribution is -2.46. The van der Waals surface area contributed by atoms with Crippen molar-refractivity contribution in [1.29, 1.82) is 0 Å². The van der Waals surface area contributed by atoms with Crippen molar-refractivity contribution >= 4 is 18.0 Å². The van der Waals surface area contributed by atoms with Crippen molar-refractivity contribution in [3.8, 4) is 11.1 Å². The fourth-order valence-corrected chi connectivity index (χ4v) is 4.23. The molecule has 1 aliphatic rings. The first-order valence-corrected chi connectivity index (χ1v) is 11.5. The lowest BCUT2D eigenvalue weighted by molar-refractivity contribution is -0.143. The largest absolute Gasteiger partial charge is 0.480 e. The Kier molecular flexibility index (Phi) is 8.65. The summed E-state index contributed by atoms with van der Waals surface area (Å²) in [6.45, 7) is 5.82. The third-order valence-corrected chi connectivity index (χ3v) is 5.88. The summed E-state index contributed by atoms with van der Waals surface area (Å²) in [5, 5.41) is 14.4. The minimum atomic E-state index is -1.09. The Morgan fingerprint density at radius 1 is 1.00 bits per heavy atom. The Morgan fingerprint density at radius 3 is 2.12 bits per heavy atom. The normalized spacial score (nSPS) is 14.1. The molecule has 1 unspecified atom stereocenters. The number of aliphatic carboxylic acids is 1. The molecule has 34 heavy (non-hydrogen) atoms. The third-order valence-electron chi connectivity index (χ3n) is 5.88. The number of hydrogen-bond acceptors (Lipinski definition) is 5. The van der Waals surface area contributed by atoms with E-state index in [4.69, 9.17) is 9.47 Å². The number of carboxylic acids is 1. The first-order chi connectivity index (χ1) is 16.3. The molecule has 182 valence electrons. The lowest BCUT2D eigenvalue weighted by Gasteiger charge is -2.21. The van der Waals surface area contributed by atoms with Gasteiger partial charge in [0, 0.05) is 19.1 Å². The highest BCUT2D eigenvalue weighted by Gasteiger charge is 2.29. The van der Waals surface area contributed by atoms with Gasteiger partial charge in [-0.2, -0.15) is 0 Å². The van der Waals surface area contributed by atoms with Gasteiger partial charge >= 0.3 is 12.1 Å². The standard InChI is InChI=1S/C26H32N2O6/c1-4-33-17(13-23(29)28-24(16(2)3)25(30)31)14-27-26(32)34-15-22-20-11-7-5-9-18(20)19-10-6-8-12-21(19)22/h5-12,16-17,22,24H,4,13-15H2,1-3H3,(H,27,32)(H,28,29)(H,30,31)/t17?,24-/m0/s1. The van der Waals surface area contributed by atoms with Crippen molar-refractivity contribution in [2.24, 2.45) is 5.92 Å². The molecule has 0 heterocycles. The zero-order chi connectivity index (χ0) is 24.7. The van der Waals surface area contributed by atoms with Gasteiger partial charge < -0.3 is 25.2 Å². The van der Waals surface area contributed by atoms with E-state index >= 15 is 0 Å². The van der Waals surface area contributed by atoms with Gasteiger partial charge in [-0.15, -0.1) is 0 Å². The molecule has 0 radical (unpaired) electrons. The molecule has 1 aliphatic carbocycles. The number of amides is 2. The minimum Gasteiger partial charge on any atom is -0.480 e. The van der Waals surface area contributed by atoms with Crippen molar-refractivity contribution in [3.63, 3.8) is 0 Å². The van der Waals surface area contributed by atoms with E-state index in [0.717, 1.165) is 22.3 Å². The predicted octanol–water partition coefficient (Wildman–Crippen LogP) is 3.55. The molecule has 0 fully saturated rings. The number of carbonyl (C=O) groups excluding carboxylic acids is 2. The van der Waals surface area contributed by atoms with E-state index in [2.05, 4.69) is 22.8 Å². The number of rotatable bonds is 11. The zero-order valence-corrected chi connectivity index (χ0v) is 19.7. The van der Waals surface area contributed by atoms with Crippen LogP contribution in [0.1, 0.15) is 44.2 Å². The second-order valence-corrected chi connectivity index (χ2v) is 8.62. The van der Waals surface area contributed by atoms with Crippen LogP contribution in [0.2, 0.25) is 0 Å². The number of hydrogen-bond donors (Lipinski definition) is 3. The van der Waals surface area contributed by atoms with Gasteiger partial charge in [0.15, 0.2) is 0 Å². The Hall–Kier alpha value is -3.39. The van der Waals surface area contributed by atoms with E-state index in [1.807, 2.05) is 36.4 Å². The summed E-state index contributed by atoms with van der Waals surface area (Å²) >= 11 is 0. The monoisotopic (exact) mass is 468 g/mol. The summed E-state index contributed by atoms with van der Waals surface area (Å²) in [6.07, 6.45) is -1.28. The molecule has 0 spiro atoms. The molecule has 8 heteroatoms. The average Bonchev–Trinajstić information content (AvgIpc) is 3.13. The van der Waals surface area contributed by atoms with Crippen molar-refractivity contribution < 1.29 is 29.0 Å². The Bertz CT molecular complexity index is 976. The lowest BCUT2D eigenvalue weighted by atomic mass is 9.98. The molecule has 0 bridgehead atoms. The van der Waals surface area contributed by atoms with E-state index in [1.54, 1.807) is 20.8 Å². The Balaban J connectivity index is 1.53. The van der Waals surface area contributed by atoms with Gasteiger partial charge in [-0.1, -0.05) is 62.4 Å². The third kappa shape index (κ3) is 6.14. The van der Waals surface area contributed by atoms with Crippen LogP contribution in [-0.4, -0.2) is 55.0 Å². The van der Waals surface area contributed by atoms with Crippen molar-refractivity contribution in [3.05, 3.63) is 59.7 Å². The van der Waals surface area contributed by atoms with Crippen molar-refractivity contribution in [2.45, 2.75) is 45.3 Å². The fraction of sp³-hybridized carbons (Fsp3) is 0.423. The van der Waals surface area contributed by atoms with Crippen LogP contribution >= 0.6 is 0 Å².